The molecular formula is C15H21N3OS. The Kier molecular flexibility index (Phi) is 4.84. The molecule has 1 aromatic heterocycles. The van der Waals surface area contributed by atoms with Crippen LogP contribution in [0.2, 0.25) is 0 Å². The van der Waals surface area contributed by atoms with Crippen molar-refractivity contribution in [1.82, 2.24) is 4.98 Å². The molecule has 0 amide bonds. The number of thiazole rings is 1. The molecule has 20 heavy (non-hydrogen) atoms. The third kappa shape index (κ3) is 3.42. The van der Waals surface area contributed by atoms with E-state index in [1.54, 1.807) is 11.3 Å². The van der Waals surface area contributed by atoms with Crippen molar-refractivity contribution in [1.29, 1.82) is 0 Å². The van der Waals surface area contributed by atoms with Crippen molar-refractivity contribution < 1.29 is 4.74 Å². The fourth-order valence-electron chi connectivity index (χ4n) is 1.88. The van der Waals surface area contributed by atoms with Crippen molar-refractivity contribution >= 4 is 22.7 Å². The van der Waals surface area contributed by atoms with E-state index < -0.39 is 0 Å². The number of hydrogen-bond acceptors (Lipinski definition) is 5. The predicted molar refractivity (Wildman–Crippen MR) is 85.5 cm³/mol. The van der Waals surface area contributed by atoms with Gasteiger partial charge >= 0.3 is 0 Å². The van der Waals surface area contributed by atoms with Crippen molar-refractivity contribution in [3.05, 3.63) is 34.3 Å². The van der Waals surface area contributed by atoms with Crippen molar-refractivity contribution in [2.24, 2.45) is 0 Å². The number of aryl methyl sites for hydroxylation is 1. The quantitative estimate of drug-likeness (QED) is 0.790. The van der Waals surface area contributed by atoms with E-state index in [1.807, 2.05) is 24.4 Å². The Labute approximate surface area is 124 Å². The number of rotatable bonds is 6. The summed E-state index contributed by atoms with van der Waals surface area (Å²) in [5, 5.41) is 4.46. The van der Waals surface area contributed by atoms with E-state index in [-0.39, 0.29) is 6.04 Å². The van der Waals surface area contributed by atoms with Gasteiger partial charge in [-0.05, 0) is 32.4 Å². The van der Waals surface area contributed by atoms with Crippen molar-refractivity contribution in [2.75, 3.05) is 17.7 Å². The second kappa shape index (κ2) is 6.61. The molecule has 0 bridgehead atoms. The smallest absolute Gasteiger partial charge is 0.144 e. The van der Waals surface area contributed by atoms with Gasteiger partial charge in [-0.25, -0.2) is 4.98 Å². The van der Waals surface area contributed by atoms with Crippen molar-refractivity contribution in [2.45, 2.75) is 33.2 Å². The van der Waals surface area contributed by atoms with Gasteiger partial charge in [0.2, 0.25) is 0 Å². The molecule has 3 N–H and O–H groups in total. The van der Waals surface area contributed by atoms with Gasteiger partial charge in [-0.1, -0.05) is 13.0 Å². The molecule has 108 valence electrons. The van der Waals surface area contributed by atoms with Crippen LogP contribution in [-0.4, -0.2) is 11.6 Å². The monoisotopic (exact) mass is 291 g/mol. The lowest BCUT2D eigenvalue weighted by atomic mass is 10.2. The third-order valence-electron chi connectivity index (χ3n) is 2.91. The maximum absolute atomic E-state index is 6.15. The van der Waals surface area contributed by atoms with E-state index in [0.29, 0.717) is 12.3 Å². The fraction of sp³-hybridized carbons (Fsp3) is 0.400. The Morgan fingerprint density at radius 2 is 2.25 bits per heavy atom. The molecule has 5 heteroatoms. The molecule has 0 spiro atoms. The summed E-state index contributed by atoms with van der Waals surface area (Å²) in [5.74, 6) is 0.736. The summed E-state index contributed by atoms with van der Waals surface area (Å²) in [6.07, 6.45) is 2.86. The van der Waals surface area contributed by atoms with Crippen LogP contribution in [0.5, 0.6) is 5.75 Å². The lowest BCUT2D eigenvalue weighted by Gasteiger charge is -2.17. The fourth-order valence-corrected chi connectivity index (χ4v) is 2.65. The van der Waals surface area contributed by atoms with E-state index in [4.69, 9.17) is 10.5 Å². The molecule has 2 rings (SSSR count). The Morgan fingerprint density at radius 1 is 1.45 bits per heavy atom. The first-order chi connectivity index (χ1) is 9.61. The first-order valence-corrected chi connectivity index (χ1v) is 7.63. The number of para-hydroxylation sites is 1. The van der Waals surface area contributed by atoms with E-state index in [2.05, 4.69) is 31.1 Å². The van der Waals surface area contributed by atoms with Crippen LogP contribution >= 0.6 is 11.3 Å². The molecular weight excluding hydrogens is 270 g/mol. The first-order valence-electron chi connectivity index (χ1n) is 6.82. The molecule has 1 heterocycles. The summed E-state index contributed by atoms with van der Waals surface area (Å²) in [7, 11) is 0. The predicted octanol–water partition coefficient (Wildman–Crippen LogP) is 4.00. The van der Waals surface area contributed by atoms with Gasteiger partial charge in [0, 0.05) is 11.1 Å². The largest absolute Gasteiger partial charge is 0.491 e. The van der Waals surface area contributed by atoms with Gasteiger partial charge in [0.05, 0.1) is 24.0 Å². The maximum Gasteiger partial charge on any atom is 0.144 e. The van der Waals surface area contributed by atoms with Gasteiger partial charge in [-0.15, -0.1) is 11.3 Å². The zero-order valence-electron chi connectivity index (χ0n) is 12.1. The van der Waals surface area contributed by atoms with Gasteiger partial charge < -0.3 is 15.8 Å². The summed E-state index contributed by atoms with van der Waals surface area (Å²) in [4.78, 5) is 5.61. The van der Waals surface area contributed by atoms with Crippen LogP contribution in [-0.2, 0) is 0 Å². The lowest BCUT2D eigenvalue weighted by molar-refractivity contribution is 0.319. The second-order valence-electron chi connectivity index (χ2n) is 4.74. The highest BCUT2D eigenvalue weighted by Gasteiger charge is 2.12. The highest BCUT2D eigenvalue weighted by molar-refractivity contribution is 7.11. The summed E-state index contributed by atoms with van der Waals surface area (Å²) >= 11 is 1.69. The molecule has 0 radical (unpaired) electrons. The number of nitrogen functional groups attached to an aromatic ring is 1. The number of nitrogens with one attached hydrogen (secondary N) is 1. The SMILES string of the molecule is CCCOc1cccc(NC(C)c2ncc(C)s2)c1N. The number of hydrogen-bond donors (Lipinski definition) is 2. The standard InChI is InChI=1S/C15H21N3OS/c1-4-8-19-13-7-5-6-12(14(13)16)18-11(3)15-17-9-10(2)20-15/h5-7,9,11,18H,4,8,16H2,1-3H3. The Balaban J connectivity index is 2.12. The van der Waals surface area contributed by atoms with Gasteiger partial charge in [0.1, 0.15) is 10.8 Å². The summed E-state index contributed by atoms with van der Waals surface area (Å²) in [5.41, 5.74) is 7.69. The zero-order chi connectivity index (χ0) is 14.5. The minimum Gasteiger partial charge on any atom is -0.491 e. The molecule has 0 fully saturated rings. The summed E-state index contributed by atoms with van der Waals surface area (Å²) in [6, 6.07) is 5.93. The molecule has 4 nitrogen and oxygen atoms in total. The van der Waals surface area contributed by atoms with Gasteiger partial charge in [0.15, 0.2) is 0 Å². The minimum absolute atomic E-state index is 0.123. The van der Waals surface area contributed by atoms with Gasteiger partial charge in [-0.2, -0.15) is 0 Å². The number of nitrogens with two attached hydrogens (primary N) is 1. The molecule has 0 saturated carbocycles. The van der Waals surface area contributed by atoms with Crippen LogP contribution in [0.3, 0.4) is 0 Å². The van der Waals surface area contributed by atoms with Crippen molar-refractivity contribution in [3.8, 4) is 5.75 Å². The highest BCUT2D eigenvalue weighted by Crippen LogP contribution is 2.32. The van der Waals surface area contributed by atoms with Crippen LogP contribution < -0.4 is 15.8 Å². The number of aromatic nitrogens is 1. The molecule has 1 aromatic carbocycles. The number of anilines is 2. The maximum atomic E-state index is 6.15. The van der Waals surface area contributed by atoms with E-state index in [1.165, 1.54) is 4.88 Å². The molecule has 1 unspecified atom stereocenters. The van der Waals surface area contributed by atoms with Crippen LogP contribution in [0, 0.1) is 6.92 Å². The van der Waals surface area contributed by atoms with Crippen LogP contribution in [0.15, 0.2) is 24.4 Å². The molecule has 1 atom stereocenters. The topological polar surface area (TPSA) is 60.2 Å². The molecule has 0 aliphatic rings. The second-order valence-corrected chi connectivity index (χ2v) is 6.01. The summed E-state index contributed by atoms with van der Waals surface area (Å²) in [6.45, 7) is 6.89. The average molecular weight is 291 g/mol. The number of ether oxygens (including phenoxy) is 1. The zero-order valence-corrected chi connectivity index (χ0v) is 13.0. The Hall–Kier alpha value is -1.75. The molecule has 2 aromatic rings. The Bertz CT molecular complexity index is 568. The van der Waals surface area contributed by atoms with E-state index in [9.17, 15) is 0 Å². The summed E-state index contributed by atoms with van der Waals surface area (Å²) < 4.78 is 5.64. The molecule has 0 saturated heterocycles. The van der Waals surface area contributed by atoms with Crippen molar-refractivity contribution in [3.63, 3.8) is 0 Å². The lowest BCUT2D eigenvalue weighted by Crippen LogP contribution is -2.09. The highest BCUT2D eigenvalue weighted by atomic mass is 32.1. The van der Waals surface area contributed by atoms with E-state index >= 15 is 0 Å². The van der Waals surface area contributed by atoms with E-state index in [0.717, 1.165) is 22.9 Å². The van der Waals surface area contributed by atoms with Gasteiger partial charge in [0.25, 0.3) is 0 Å². The first kappa shape index (κ1) is 14.7. The van der Waals surface area contributed by atoms with Crippen LogP contribution in [0.25, 0.3) is 0 Å². The average Bonchev–Trinajstić information content (AvgIpc) is 2.86. The number of nitrogens with zero attached hydrogens (tertiary/aromatic N) is 1. The van der Waals surface area contributed by atoms with Crippen LogP contribution in [0.1, 0.15) is 36.2 Å². The number of benzene rings is 1. The van der Waals surface area contributed by atoms with Crippen LogP contribution in [0.4, 0.5) is 11.4 Å². The Morgan fingerprint density at radius 3 is 2.90 bits per heavy atom. The molecule has 0 aliphatic heterocycles. The third-order valence-corrected chi connectivity index (χ3v) is 4.00. The molecule has 0 aliphatic carbocycles. The van der Waals surface area contributed by atoms with Gasteiger partial charge in [-0.3, -0.25) is 0 Å². The normalized spacial score (nSPS) is 12.2. The minimum atomic E-state index is 0.123.